The number of halogens is 1. The average Bonchev–Trinajstić information content (AvgIpc) is 2.30. The van der Waals surface area contributed by atoms with Gasteiger partial charge >= 0.3 is 0 Å². The molecule has 1 N–H and O–H groups in total. The summed E-state index contributed by atoms with van der Waals surface area (Å²) in [7, 11) is 4.10. The summed E-state index contributed by atoms with van der Waals surface area (Å²) >= 11 is 3.64. The SMILES string of the molecule is C=CCCN(C)Cc1ccc(CNC)cc1Br. The normalized spacial score (nSPS) is 10.8. The zero-order chi connectivity index (χ0) is 12.7. The molecule has 94 valence electrons. The maximum absolute atomic E-state index is 3.75. The zero-order valence-electron chi connectivity index (χ0n) is 10.7. The van der Waals surface area contributed by atoms with Gasteiger partial charge in [-0.2, -0.15) is 0 Å². The summed E-state index contributed by atoms with van der Waals surface area (Å²) in [6, 6.07) is 6.56. The van der Waals surface area contributed by atoms with Crippen molar-refractivity contribution in [3.8, 4) is 0 Å². The largest absolute Gasteiger partial charge is 0.316 e. The van der Waals surface area contributed by atoms with Crippen molar-refractivity contribution in [3.63, 3.8) is 0 Å². The molecule has 3 heteroatoms. The fraction of sp³-hybridized carbons (Fsp3) is 0.429. The number of rotatable bonds is 7. The molecule has 0 fully saturated rings. The molecule has 0 saturated heterocycles. The third-order valence-electron chi connectivity index (χ3n) is 2.65. The lowest BCUT2D eigenvalue weighted by Crippen LogP contribution is -2.19. The van der Waals surface area contributed by atoms with Crippen LogP contribution in [0.4, 0.5) is 0 Å². The minimum atomic E-state index is 0.908. The lowest BCUT2D eigenvalue weighted by Gasteiger charge is -2.17. The summed E-state index contributed by atoms with van der Waals surface area (Å²) in [6.07, 6.45) is 2.99. The highest BCUT2D eigenvalue weighted by Crippen LogP contribution is 2.20. The smallest absolute Gasteiger partial charge is 0.0242 e. The van der Waals surface area contributed by atoms with Crippen LogP contribution in [-0.2, 0) is 13.1 Å². The van der Waals surface area contributed by atoms with Crippen LogP contribution in [0.3, 0.4) is 0 Å². The van der Waals surface area contributed by atoms with E-state index in [4.69, 9.17) is 0 Å². The van der Waals surface area contributed by atoms with E-state index in [1.54, 1.807) is 0 Å². The van der Waals surface area contributed by atoms with Crippen LogP contribution in [0.25, 0.3) is 0 Å². The first-order chi connectivity index (χ1) is 8.17. The molecule has 0 heterocycles. The molecule has 0 amide bonds. The van der Waals surface area contributed by atoms with Crippen LogP contribution >= 0.6 is 15.9 Å². The lowest BCUT2D eigenvalue weighted by molar-refractivity contribution is 0.333. The van der Waals surface area contributed by atoms with Crippen LogP contribution in [0, 0.1) is 0 Å². The molecule has 0 atom stereocenters. The van der Waals surface area contributed by atoms with Crippen molar-refractivity contribution in [2.45, 2.75) is 19.5 Å². The Morgan fingerprint density at radius 3 is 2.82 bits per heavy atom. The van der Waals surface area contributed by atoms with E-state index >= 15 is 0 Å². The minimum absolute atomic E-state index is 0.908. The molecule has 0 bridgehead atoms. The second-order valence-electron chi connectivity index (χ2n) is 4.27. The summed E-state index contributed by atoms with van der Waals surface area (Å²) < 4.78 is 1.19. The van der Waals surface area contributed by atoms with Gasteiger partial charge in [-0.1, -0.05) is 34.1 Å². The van der Waals surface area contributed by atoms with Crippen molar-refractivity contribution < 1.29 is 0 Å². The van der Waals surface area contributed by atoms with Crippen LogP contribution < -0.4 is 5.32 Å². The van der Waals surface area contributed by atoms with Crippen molar-refractivity contribution in [1.82, 2.24) is 10.2 Å². The number of hydrogen-bond acceptors (Lipinski definition) is 2. The van der Waals surface area contributed by atoms with Crippen molar-refractivity contribution in [3.05, 3.63) is 46.5 Å². The summed E-state index contributed by atoms with van der Waals surface area (Å²) in [5, 5.41) is 3.16. The first-order valence-corrected chi connectivity index (χ1v) is 6.68. The van der Waals surface area contributed by atoms with E-state index in [-0.39, 0.29) is 0 Å². The topological polar surface area (TPSA) is 15.3 Å². The van der Waals surface area contributed by atoms with Gasteiger partial charge in [-0.25, -0.2) is 0 Å². The number of nitrogens with zero attached hydrogens (tertiary/aromatic N) is 1. The maximum atomic E-state index is 3.75. The van der Waals surface area contributed by atoms with Crippen LogP contribution in [0.1, 0.15) is 17.5 Å². The van der Waals surface area contributed by atoms with Gasteiger partial charge in [0.1, 0.15) is 0 Å². The predicted molar refractivity (Wildman–Crippen MR) is 78.1 cm³/mol. The minimum Gasteiger partial charge on any atom is -0.316 e. The van der Waals surface area contributed by atoms with Crippen molar-refractivity contribution in [1.29, 1.82) is 0 Å². The Morgan fingerprint density at radius 1 is 1.47 bits per heavy atom. The standard InChI is InChI=1S/C14H21BrN2/c1-4-5-8-17(3)11-13-7-6-12(10-16-2)9-14(13)15/h4,6-7,9,16H,1,5,8,10-11H2,2-3H3. The van der Waals surface area contributed by atoms with Gasteiger partial charge < -0.3 is 10.2 Å². The fourth-order valence-corrected chi connectivity index (χ4v) is 2.27. The zero-order valence-corrected chi connectivity index (χ0v) is 12.3. The summed E-state index contributed by atoms with van der Waals surface area (Å²) in [5.74, 6) is 0. The molecule has 1 aromatic carbocycles. The van der Waals surface area contributed by atoms with E-state index in [0.717, 1.165) is 26.1 Å². The number of benzene rings is 1. The molecule has 0 spiro atoms. The Bertz CT molecular complexity index is 363. The Morgan fingerprint density at radius 2 is 2.24 bits per heavy atom. The predicted octanol–water partition coefficient (Wildman–Crippen LogP) is 3.18. The monoisotopic (exact) mass is 296 g/mol. The Hall–Kier alpha value is -0.640. The van der Waals surface area contributed by atoms with Gasteiger partial charge in [0.25, 0.3) is 0 Å². The van der Waals surface area contributed by atoms with Gasteiger partial charge in [0.05, 0.1) is 0 Å². The highest BCUT2D eigenvalue weighted by molar-refractivity contribution is 9.10. The molecule has 0 aliphatic heterocycles. The van der Waals surface area contributed by atoms with Gasteiger partial charge in [0, 0.05) is 24.1 Å². The maximum Gasteiger partial charge on any atom is 0.0242 e. The first kappa shape index (κ1) is 14.4. The molecule has 0 aliphatic carbocycles. The average molecular weight is 297 g/mol. The van der Waals surface area contributed by atoms with Crippen LogP contribution in [0.5, 0.6) is 0 Å². The van der Waals surface area contributed by atoms with Gasteiger partial charge in [-0.05, 0) is 37.7 Å². The second-order valence-corrected chi connectivity index (χ2v) is 5.13. The molecular weight excluding hydrogens is 276 g/mol. The third-order valence-corrected chi connectivity index (χ3v) is 3.39. The summed E-state index contributed by atoms with van der Waals surface area (Å²) in [5.41, 5.74) is 2.63. The van der Waals surface area contributed by atoms with Crippen LogP contribution in [0.15, 0.2) is 35.3 Å². The fourth-order valence-electron chi connectivity index (χ4n) is 1.71. The summed E-state index contributed by atoms with van der Waals surface area (Å²) in [4.78, 5) is 2.31. The molecule has 1 rings (SSSR count). The Balaban J connectivity index is 2.62. The van der Waals surface area contributed by atoms with E-state index in [2.05, 4.69) is 58.0 Å². The molecule has 1 aromatic rings. The van der Waals surface area contributed by atoms with Crippen molar-refractivity contribution in [2.75, 3.05) is 20.6 Å². The molecule has 0 saturated carbocycles. The first-order valence-electron chi connectivity index (χ1n) is 5.88. The Kier molecular flexibility index (Phi) is 6.48. The Labute approximate surface area is 113 Å². The molecule has 0 radical (unpaired) electrons. The van der Waals surface area contributed by atoms with Gasteiger partial charge in [0.15, 0.2) is 0 Å². The molecule has 17 heavy (non-hydrogen) atoms. The van der Waals surface area contributed by atoms with Gasteiger partial charge in [0.2, 0.25) is 0 Å². The van der Waals surface area contributed by atoms with E-state index in [0.29, 0.717) is 0 Å². The van der Waals surface area contributed by atoms with E-state index in [1.165, 1.54) is 15.6 Å². The quantitative estimate of drug-likeness (QED) is 0.778. The van der Waals surface area contributed by atoms with E-state index in [9.17, 15) is 0 Å². The lowest BCUT2D eigenvalue weighted by atomic mass is 10.1. The highest BCUT2D eigenvalue weighted by Gasteiger charge is 2.04. The van der Waals surface area contributed by atoms with E-state index < -0.39 is 0 Å². The van der Waals surface area contributed by atoms with E-state index in [1.807, 2.05) is 13.1 Å². The molecular formula is C14H21BrN2. The highest BCUT2D eigenvalue weighted by atomic mass is 79.9. The van der Waals surface area contributed by atoms with Crippen LogP contribution in [0.2, 0.25) is 0 Å². The van der Waals surface area contributed by atoms with Crippen molar-refractivity contribution >= 4 is 15.9 Å². The molecule has 0 aromatic heterocycles. The molecule has 0 unspecified atom stereocenters. The summed E-state index contributed by atoms with van der Waals surface area (Å²) in [6.45, 7) is 6.67. The van der Waals surface area contributed by atoms with Crippen LogP contribution in [-0.4, -0.2) is 25.5 Å². The number of hydrogen-bond donors (Lipinski definition) is 1. The number of nitrogens with one attached hydrogen (secondary N) is 1. The third kappa shape index (κ3) is 5.02. The van der Waals surface area contributed by atoms with Gasteiger partial charge in [-0.15, -0.1) is 6.58 Å². The van der Waals surface area contributed by atoms with Crippen molar-refractivity contribution in [2.24, 2.45) is 0 Å². The van der Waals surface area contributed by atoms with Gasteiger partial charge in [-0.3, -0.25) is 0 Å². The second kappa shape index (κ2) is 7.64. The molecule has 0 aliphatic rings. The molecule has 2 nitrogen and oxygen atoms in total.